The molecule has 0 aromatic heterocycles. The van der Waals surface area contributed by atoms with Gasteiger partial charge in [-0.2, -0.15) is 0 Å². The molecule has 0 aliphatic rings. The summed E-state index contributed by atoms with van der Waals surface area (Å²) in [6, 6.07) is 10.5. The molecule has 1 aromatic carbocycles. The van der Waals surface area contributed by atoms with E-state index in [-0.39, 0.29) is 16.2 Å². The van der Waals surface area contributed by atoms with E-state index in [1.54, 1.807) is 0 Å². The fourth-order valence-electron chi connectivity index (χ4n) is 3.08. The number of halogens is 1. The predicted octanol–water partition coefficient (Wildman–Crippen LogP) is 5.86. The van der Waals surface area contributed by atoms with Gasteiger partial charge in [-0.3, -0.25) is 0 Å². The number of alkyl halides is 1. The fraction of sp³-hybridized carbons (Fsp3) is 0.684. The topological polar surface area (TPSA) is 29.5 Å². The Hall–Kier alpha value is 0.0869. The quantitative estimate of drug-likeness (QED) is 0.322. The van der Waals surface area contributed by atoms with Gasteiger partial charge in [0.2, 0.25) is 0 Å². The molecule has 4 heteroatoms. The van der Waals surface area contributed by atoms with Gasteiger partial charge in [-0.25, -0.2) is 0 Å². The maximum atomic E-state index is 11.5. The minimum atomic E-state index is -2.89. The van der Waals surface area contributed by atoms with Crippen LogP contribution in [0.2, 0.25) is 10.1 Å². The molecule has 0 saturated carbocycles. The van der Waals surface area contributed by atoms with E-state index in [2.05, 4.69) is 88.4 Å². The van der Waals surface area contributed by atoms with Crippen LogP contribution in [-0.4, -0.2) is 23.9 Å². The van der Waals surface area contributed by atoms with Crippen LogP contribution in [-0.2, 0) is 10.8 Å². The maximum Gasteiger partial charge on any atom is 0.346 e. The second-order valence-electron chi connectivity index (χ2n) is 8.39. The summed E-state index contributed by atoms with van der Waals surface area (Å²) in [7, 11) is -2.89. The van der Waals surface area contributed by atoms with Gasteiger partial charge in [0.1, 0.15) is 0 Å². The summed E-state index contributed by atoms with van der Waals surface area (Å²) in [5.41, 5.74) is 1.34. The minimum Gasteiger partial charge on any atom is -0.410 e. The zero-order valence-electron chi connectivity index (χ0n) is 15.5. The van der Waals surface area contributed by atoms with Gasteiger partial charge < -0.3 is 9.22 Å². The second-order valence-corrected chi connectivity index (χ2v) is 14.0. The summed E-state index contributed by atoms with van der Waals surface area (Å²) in [4.78, 5) is 11.5. The van der Waals surface area contributed by atoms with Crippen LogP contribution >= 0.6 is 22.6 Å². The number of benzene rings is 1. The van der Waals surface area contributed by atoms with Crippen LogP contribution in [0.3, 0.4) is 0 Å². The van der Waals surface area contributed by atoms with Crippen LogP contribution in [0.1, 0.15) is 59.9 Å². The molecule has 0 saturated heterocycles. The smallest absolute Gasteiger partial charge is 0.346 e. The summed E-state index contributed by atoms with van der Waals surface area (Å²) in [6.07, 6.45) is 3.09. The molecule has 0 aliphatic heterocycles. The third kappa shape index (κ3) is 5.83. The van der Waals surface area contributed by atoms with Crippen LogP contribution < -0.4 is 0 Å². The van der Waals surface area contributed by atoms with E-state index in [4.69, 9.17) is 4.43 Å². The third-order valence-electron chi connectivity index (χ3n) is 4.40. The molecule has 0 aliphatic carbocycles. The van der Waals surface area contributed by atoms with Gasteiger partial charge in [0.05, 0.1) is 0 Å². The Morgan fingerprint density at radius 3 is 1.96 bits per heavy atom. The first-order valence-corrected chi connectivity index (χ1v) is 11.9. The first-order valence-electron chi connectivity index (χ1n) is 8.51. The van der Waals surface area contributed by atoms with Crippen molar-refractivity contribution >= 4 is 31.2 Å². The molecule has 0 radical (unpaired) electrons. The molecule has 1 unspecified atom stereocenters. The average Bonchev–Trinajstić information content (AvgIpc) is 2.43. The zero-order valence-corrected chi connectivity index (χ0v) is 18.7. The number of hydrogen-bond acceptors (Lipinski definition) is 2. The summed E-state index contributed by atoms with van der Waals surface area (Å²) in [5.74, 6) is 0. The highest BCUT2D eigenvalue weighted by molar-refractivity contribution is 14.1. The lowest BCUT2D eigenvalue weighted by Crippen LogP contribution is -2.56. The second kappa shape index (κ2) is 8.45. The lowest BCUT2D eigenvalue weighted by atomic mass is 10.1. The highest BCUT2D eigenvalue weighted by Crippen LogP contribution is 2.50. The van der Waals surface area contributed by atoms with Crippen molar-refractivity contribution in [1.82, 2.24) is 0 Å². The summed E-state index contributed by atoms with van der Waals surface area (Å²) >= 11 is 2.40. The van der Waals surface area contributed by atoms with Crippen LogP contribution in [0.25, 0.3) is 0 Å². The van der Waals surface area contributed by atoms with E-state index >= 15 is 0 Å². The number of hydrogen-bond donors (Lipinski definition) is 1. The first kappa shape index (κ1) is 21.1. The Kier molecular flexibility index (Phi) is 7.77. The normalized spacial score (nSPS) is 14.8. The fourth-order valence-corrected chi connectivity index (χ4v) is 7.45. The largest absolute Gasteiger partial charge is 0.410 e. The predicted molar refractivity (Wildman–Crippen MR) is 111 cm³/mol. The molecule has 1 aromatic rings. The van der Waals surface area contributed by atoms with Crippen molar-refractivity contribution in [2.45, 2.75) is 77.0 Å². The van der Waals surface area contributed by atoms with Gasteiger partial charge >= 0.3 is 8.56 Å². The van der Waals surface area contributed by atoms with Gasteiger partial charge in [-0.05, 0) is 24.8 Å². The van der Waals surface area contributed by atoms with Crippen molar-refractivity contribution < 1.29 is 9.22 Å². The van der Waals surface area contributed by atoms with Crippen molar-refractivity contribution in [1.29, 1.82) is 0 Å². The van der Waals surface area contributed by atoms with Crippen molar-refractivity contribution in [2.75, 3.05) is 4.43 Å². The Morgan fingerprint density at radius 2 is 1.52 bits per heavy atom. The standard InChI is InChI=1S/C19H33IO2Si/c1-18(2,3)23(21,19(4,5)6)22-17(14-15-20)13-12-16-10-8-7-9-11-16/h7-11,17,21H,12-15H2,1-6H3. The van der Waals surface area contributed by atoms with Gasteiger partial charge in [-0.1, -0.05) is 94.5 Å². The van der Waals surface area contributed by atoms with Gasteiger partial charge in [0.15, 0.2) is 0 Å². The molecular formula is C19H33IO2Si. The molecular weight excluding hydrogens is 415 g/mol. The van der Waals surface area contributed by atoms with Crippen LogP contribution in [0, 0.1) is 0 Å². The molecule has 1 atom stereocenters. The molecule has 1 rings (SSSR count). The maximum absolute atomic E-state index is 11.5. The first-order chi connectivity index (χ1) is 10.5. The Labute approximate surface area is 157 Å². The van der Waals surface area contributed by atoms with Crippen molar-refractivity contribution in [3.63, 3.8) is 0 Å². The third-order valence-corrected chi connectivity index (χ3v) is 9.76. The molecule has 0 spiro atoms. The van der Waals surface area contributed by atoms with Crippen LogP contribution in [0.5, 0.6) is 0 Å². The number of aryl methyl sites for hydroxylation is 1. The van der Waals surface area contributed by atoms with E-state index in [0.29, 0.717) is 0 Å². The van der Waals surface area contributed by atoms with Crippen LogP contribution in [0.4, 0.5) is 0 Å². The van der Waals surface area contributed by atoms with E-state index in [0.717, 1.165) is 23.7 Å². The molecule has 132 valence electrons. The monoisotopic (exact) mass is 448 g/mol. The Morgan fingerprint density at radius 1 is 1.00 bits per heavy atom. The molecule has 2 nitrogen and oxygen atoms in total. The Bertz CT molecular complexity index is 448. The van der Waals surface area contributed by atoms with E-state index in [1.807, 2.05) is 6.07 Å². The summed E-state index contributed by atoms with van der Waals surface area (Å²) < 4.78 is 7.57. The average molecular weight is 448 g/mol. The van der Waals surface area contributed by atoms with Crippen molar-refractivity contribution in [3.05, 3.63) is 35.9 Å². The number of rotatable bonds is 7. The van der Waals surface area contributed by atoms with Crippen LogP contribution in [0.15, 0.2) is 30.3 Å². The lowest BCUT2D eigenvalue weighted by molar-refractivity contribution is 0.104. The van der Waals surface area contributed by atoms with Gasteiger partial charge in [-0.15, -0.1) is 0 Å². The summed E-state index contributed by atoms with van der Waals surface area (Å²) in [6.45, 7) is 12.7. The molecule has 0 bridgehead atoms. The minimum absolute atomic E-state index is 0.127. The summed E-state index contributed by atoms with van der Waals surface area (Å²) in [5, 5.41) is -0.414. The molecule has 0 fully saturated rings. The SMILES string of the molecule is CC(C)(C)[Si](O)(OC(CCI)CCc1ccccc1)C(C)(C)C. The molecule has 1 N–H and O–H groups in total. The zero-order chi connectivity index (χ0) is 17.7. The molecule has 0 amide bonds. The highest BCUT2D eigenvalue weighted by Gasteiger charge is 2.56. The van der Waals surface area contributed by atoms with Crippen molar-refractivity contribution in [2.24, 2.45) is 0 Å². The Balaban J connectivity index is 2.87. The van der Waals surface area contributed by atoms with E-state index in [1.165, 1.54) is 5.56 Å². The molecule has 0 heterocycles. The molecule has 23 heavy (non-hydrogen) atoms. The lowest BCUT2D eigenvalue weighted by Gasteiger charge is -2.47. The van der Waals surface area contributed by atoms with Gasteiger partial charge in [0, 0.05) is 20.6 Å². The van der Waals surface area contributed by atoms with Crippen molar-refractivity contribution in [3.8, 4) is 0 Å². The van der Waals surface area contributed by atoms with E-state index < -0.39 is 8.56 Å². The van der Waals surface area contributed by atoms with E-state index in [9.17, 15) is 4.80 Å². The highest BCUT2D eigenvalue weighted by atomic mass is 127. The van der Waals surface area contributed by atoms with Gasteiger partial charge in [0.25, 0.3) is 0 Å².